The lowest BCUT2D eigenvalue weighted by Gasteiger charge is -2.13. The number of nitrogens with one attached hydrogen (secondary N) is 1. The van der Waals surface area contributed by atoms with Gasteiger partial charge in [0.1, 0.15) is 5.76 Å². The number of hydrogen-bond acceptors (Lipinski definition) is 3. The summed E-state index contributed by atoms with van der Waals surface area (Å²) in [5.41, 5.74) is 2.57. The van der Waals surface area contributed by atoms with Crippen molar-refractivity contribution >= 4 is 0 Å². The Balaban J connectivity index is 1.93. The van der Waals surface area contributed by atoms with E-state index >= 15 is 0 Å². The van der Waals surface area contributed by atoms with Crippen molar-refractivity contribution in [3.05, 3.63) is 53.2 Å². The lowest BCUT2D eigenvalue weighted by atomic mass is 10.1. The van der Waals surface area contributed by atoms with E-state index in [-0.39, 0.29) is 0 Å². The molecule has 0 amide bonds. The van der Waals surface area contributed by atoms with E-state index in [1.807, 2.05) is 0 Å². The minimum atomic E-state index is 0.293. The van der Waals surface area contributed by atoms with Gasteiger partial charge in [-0.2, -0.15) is 0 Å². The van der Waals surface area contributed by atoms with Crippen molar-refractivity contribution in [1.82, 2.24) is 10.3 Å². The van der Waals surface area contributed by atoms with Crippen LogP contribution >= 0.6 is 0 Å². The normalized spacial score (nSPS) is 12.6. The van der Waals surface area contributed by atoms with Crippen LogP contribution in [0, 0.1) is 6.92 Å². The van der Waals surface area contributed by atoms with Crippen molar-refractivity contribution in [2.24, 2.45) is 0 Å². The van der Waals surface area contributed by atoms with Gasteiger partial charge in [0.05, 0.1) is 12.7 Å². The van der Waals surface area contributed by atoms with Gasteiger partial charge in [0.25, 0.3) is 0 Å². The average Bonchev–Trinajstić information content (AvgIpc) is 2.84. The van der Waals surface area contributed by atoms with Crippen molar-refractivity contribution in [3.63, 3.8) is 0 Å². The largest absolute Gasteiger partial charge is 0.444 e. The first-order chi connectivity index (χ1) is 8.69. The van der Waals surface area contributed by atoms with E-state index in [1.165, 1.54) is 11.1 Å². The zero-order valence-electron chi connectivity index (χ0n) is 11.2. The molecule has 1 aromatic carbocycles. The second kappa shape index (κ2) is 5.83. The van der Waals surface area contributed by atoms with Crippen molar-refractivity contribution in [3.8, 4) is 0 Å². The summed E-state index contributed by atoms with van der Waals surface area (Å²) in [6.45, 7) is 6.98. The molecular weight excluding hydrogens is 224 g/mol. The van der Waals surface area contributed by atoms with E-state index in [0.29, 0.717) is 12.6 Å². The highest BCUT2D eigenvalue weighted by atomic mass is 16.4. The Morgan fingerprint density at radius 3 is 2.89 bits per heavy atom. The highest BCUT2D eigenvalue weighted by Gasteiger charge is 2.07. The molecule has 3 nitrogen and oxygen atoms in total. The number of aryl methyl sites for hydroxylation is 2. The second-order valence-corrected chi connectivity index (χ2v) is 4.59. The van der Waals surface area contributed by atoms with Crippen LogP contribution in [-0.4, -0.2) is 4.98 Å². The zero-order chi connectivity index (χ0) is 13.0. The van der Waals surface area contributed by atoms with Gasteiger partial charge in [-0.05, 0) is 19.4 Å². The smallest absolute Gasteiger partial charge is 0.208 e. The third-order valence-corrected chi connectivity index (χ3v) is 3.05. The van der Waals surface area contributed by atoms with E-state index in [2.05, 4.69) is 55.3 Å². The van der Waals surface area contributed by atoms with Crippen LogP contribution in [0.1, 0.15) is 42.7 Å². The summed E-state index contributed by atoms with van der Waals surface area (Å²) in [6, 6.07) is 8.82. The van der Waals surface area contributed by atoms with Crippen LogP contribution in [-0.2, 0) is 13.0 Å². The van der Waals surface area contributed by atoms with Gasteiger partial charge >= 0.3 is 0 Å². The van der Waals surface area contributed by atoms with Gasteiger partial charge in [0, 0.05) is 12.5 Å². The van der Waals surface area contributed by atoms with E-state index in [0.717, 1.165) is 18.1 Å². The number of hydrogen-bond donors (Lipinski definition) is 1. The van der Waals surface area contributed by atoms with Gasteiger partial charge in [0.2, 0.25) is 5.89 Å². The molecule has 96 valence electrons. The van der Waals surface area contributed by atoms with Crippen LogP contribution in [0.15, 0.2) is 34.9 Å². The van der Waals surface area contributed by atoms with Crippen LogP contribution in [0.25, 0.3) is 0 Å². The van der Waals surface area contributed by atoms with Crippen LogP contribution in [0.5, 0.6) is 0 Å². The first kappa shape index (κ1) is 12.8. The summed E-state index contributed by atoms with van der Waals surface area (Å²) in [4.78, 5) is 4.24. The van der Waals surface area contributed by atoms with Crippen LogP contribution in [0.3, 0.4) is 0 Å². The van der Waals surface area contributed by atoms with Crippen molar-refractivity contribution in [1.29, 1.82) is 0 Å². The fraction of sp³-hybridized carbons (Fsp3) is 0.400. The highest BCUT2D eigenvalue weighted by molar-refractivity contribution is 5.24. The maximum atomic E-state index is 5.57. The average molecular weight is 244 g/mol. The quantitative estimate of drug-likeness (QED) is 0.876. The summed E-state index contributed by atoms with van der Waals surface area (Å²) in [6.07, 6.45) is 2.69. The summed E-state index contributed by atoms with van der Waals surface area (Å²) in [5.74, 6) is 1.70. The van der Waals surface area contributed by atoms with E-state index in [9.17, 15) is 0 Å². The molecule has 0 aliphatic rings. The highest BCUT2D eigenvalue weighted by Crippen LogP contribution is 2.14. The van der Waals surface area contributed by atoms with Crippen molar-refractivity contribution in [2.45, 2.75) is 39.8 Å². The third-order valence-electron chi connectivity index (χ3n) is 3.05. The number of nitrogens with zero attached hydrogens (tertiary/aromatic N) is 1. The lowest BCUT2D eigenvalue weighted by Crippen LogP contribution is -2.18. The number of aromatic nitrogens is 1. The first-order valence-electron chi connectivity index (χ1n) is 6.42. The predicted octanol–water partition coefficient (Wildman–Crippen LogP) is 3.40. The topological polar surface area (TPSA) is 38.1 Å². The van der Waals surface area contributed by atoms with Crippen LogP contribution in [0.4, 0.5) is 0 Å². The molecule has 0 saturated heterocycles. The number of oxazole rings is 1. The minimum absolute atomic E-state index is 0.293. The lowest BCUT2D eigenvalue weighted by molar-refractivity contribution is 0.424. The fourth-order valence-electron chi connectivity index (χ4n) is 1.89. The van der Waals surface area contributed by atoms with Crippen LogP contribution < -0.4 is 5.32 Å². The Labute approximate surface area is 108 Å². The molecule has 18 heavy (non-hydrogen) atoms. The summed E-state index contributed by atoms with van der Waals surface area (Å²) >= 11 is 0. The van der Waals surface area contributed by atoms with Gasteiger partial charge in [-0.25, -0.2) is 4.98 Å². The molecular formula is C15H20N2O. The molecule has 0 spiro atoms. The molecule has 0 aliphatic carbocycles. The number of benzene rings is 1. The molecule has 0 radical (unpaired) electrons. The second-order valence-electron chi connectivity index (χ2n) is 4.59. The van der Waals surface area contributed by atoms with E-state index in [4.69, 9.17) is 4.42 Å². The minimum Gasteiger partial charge on any atom is -0.444 e. The molecule has 2 rings (SSSR count). The molecule has 3 heteroatoms. The standard InChI is InChI=1S/C15H20N2O/c1-4-14-9-17-15(18-14)10-16-12(3)13-7-5-6-11(2)8-13/h5-9,12,16H,4,10H2,1-3H3. The Hall–Kier alpha value is -1.61. The number of rotatable bonds is 5. The monoisotopic (exact) mass is 244 g/mol. The van der Waals surface area contributed by atoms with Gasteiger partial charge in [-0.3, -0.25) is 0 Å². The summed E-state index contributed by atoms with van der Waals surface area (Å²) in [5, 5.41) is 3.42. The molecule has 1 unspecified atom stereocenters. The molecule has 0 saturated carbocycles. The Morgan fingerprint density at radius 2 is 2.22 bits per heavy atom. The Bertz CT molecular complexity index is 505. The zero-order valence-corrected chi connectivity index (χ0v) is 11.2. The van der Waals surface area contributed by atoms with E-state index < -0.39 is 0 Å². The molecule has 0 bridgehead atoms. The predicted molar refractivity (Wildman–Crippen MR) is 72.3 cm³/mol. The van der Waals surface area contributed by atoms with Gasteiger partial charge in [-0.15, -0.1) is 0 Å². The van der Waals surface area contributed by atoms with Crippen molar-refractivity contribution < 1.29 is 4.42 Å². The Morgan fingerprint density at radius 1 is 1.39 bits per heavy atom. The first-order valence-corrected chi connectivity index (χ1v) is 6.42. The molecule has 1 atom stereocenters. The Kier molecular flexibility index (Phi) is 4.15. The molecule has 0 aliphatic heterocycles. The van der Waals surface area contributed by atoms with Gasteiger partial charge < -0.3 is 9.73 Å². The molecule has 2 aromatic rings. The SMILES string of the molecule is CCc1cnc(CNC(C)c2cccc(C)c2)o1. The van der Waals surface area contributed by atoms with Gasteiger partial charge in [0.15, 0.2) is 0 Å². The third kappa shape index (κ3) is 3.20. The maximum absolute atomic E-state index is 5.57. The van der Waals surface area contributed by atoms with Crippen molar-refractivity contribution in [2.75, 3.05) is 0 Å². The maximum Gasteiger partial charge on any atom is 0.208 e. The molecule has 1 aromatic heterocycles. The molecule has 1 heterocycles. The molecule has 1 N–H and O–H groups in total. The van der Waals surface area contributed by atoms with Crippen LogP contribution in [0.2, 0.25) is 0 Å². The summed E-state index contributed by atoms with van der Waals surface area (Å²) in [7, 11) is 0. The van der Waals surface area contributed by atoms with E-state index in [1.54, 1.807) is 6.20 Å². The molecule has 0 fully saturated rings. The summed E-state index contributed by atoms with van der Waals surface area (Å²) < 4.78 is 5.57. The van der Waals surface area contributed by atoms with Gasteiger partial charge in [-0.1, -0.05) is 36.8 Å². The fourth-order valence-corrected chi connectivity index (χ4v) is 1.89.